The van der Waals surface area contributed by atoms with E-state index in [1.807, 2.05) is 24.3 Å². The summed E-state index contributed by atoms with van der Waals surface area (Å²) in [5.41, 5.74) is 7.18. The monoisotopic (exact) mass is 473 g/mol. The van der Waals surface area contributed by atoms with Crippen LogP contribution >= 0.6 is 0 Å². The minimum atomic E-state index is 0.506. The third-order valence-electron chi connectivity index (χ3n) is 7.14. The van der Waals surface area contributed by atoms with Crippen LogP contribution in [0.3, 0.4) is 0 Å². The van der Waals surface area contributed by atoms with Crippen LogP contribution in [-0.2, 0) is 0 Å². The van der Waals surface area contributed by atoms with Gasteiger partial charge in [-0.25, -0.2) is 4.98 Å². The van der Waals surface area contributed by atoms with Crippen LogP contribution in [0.5, 0.6) is 0 Å². The molecular formula is C31H31N5. The molecule has 0 radical (unpaired) electrons. The number of nitrogens with one attached hydrogen (secondary N) is 1. The molecule has 6 rings (SSSR count). The Hall–Kier alpha value is -3.96. The molecule has 2 aliphatic heterocycles. The highest BCUT2D eigenvalue weighted by molar-refractivity contribution is 5.84. The highest BCUT2D eigenvalue weighted by Gasteiger charge is 2.22. The zero-order valence-electron chi connectivity index (χ0n) is 20.6. The first-order valence-corrected chi connectivity index (χ1v) is 12.9. The van der Waals surface area contributed by atoms with Crippen molar-refractivity contribution >= 4 is 22.4 Å². The van der Waals surface area contributed by atoms with Gasteiger partial charge in [-0.2, -0.15) is 0 Å². The molecule has 3 aromatic rings. The van der Waals surface area contributed by atoms with Crippen molar-refractivity contribution in [3.05, 3.63) is 102 Å². The molecule has 36 heavy (non-hydrogen) atoms. The van der Waals surface area contributed by atoms with Crippen molar-refractivity contribution in [2.75, 3.05) is 25.0 Å². The van der Waals surface area contributed by atoms with Gasteiger partial charge in [-0.1, -0.05) is 55.5 Å². The molecule has 0 saturated carbocycles. The van der Waals surface area contributed by atoms with Gasteiger partial charge in [-0.3, -0.25) is 9.89 Å². The van der Waals surface area contributed by atoms with E-state index in [1.54, 1.807) is 0 Å². The Balaban J connectivity index is 1.57. The maximum atomic E-state index is 5.20. The Bertz CT molecular complexity index is 1510. The van der Waals surface area contributed by atoms with Crippen LogP contribution in [0.2, 0.25) is 0 Å². The first-order chi connectivity index (χ1) is 17.8. The van der Waals surface area contributed by atoms with Gasteiger partial charge in [-0.05, 0) is 74.5 Å². The van der Waals surface area contributed by atoms with E-state index in [9.17, 15) is 0 Å². The SMILES string of the molecule is CCN1CCCC1CN=c1cc2n(-c3ccccc3)c3ccccc3nc-2cc1Nc1ccccc1. The summed E-state index contributed by atoms with van der Waals surface area (Å²) < 4.78 is 2.30. The number of likely N-dealkylation sites (tertiary alicyclic amines) is 1. The number of para-hydroxylation sites is 4. The summed E-state index contributed by atoms with van der Waals surface area (Å²) in [5, 5.41) is 4.58. The molecule has 5 nitrogen and oxygen atoms in total. The number of hydrogen-bond acceptors (Lipinski definition) is 4. The van der Waals surface area contributed by atoms with E-state index in [2.05, 4.69) is 94.5 Å². The highest BCUT2D eigenvalue weighted by atomic mass is 15.2. The van der Waals surface area contributed by atoms with Crippen LogP contribution in [0, 0.1) is 0 Å². The molecule has 3 aromatic carbocycles. The topological polar surface area (TPSA) is 45.5 Å². The molecule has 0 spiro atoms. The molecule has 1 atom stereocenters. The van der Waals surface area contributed by atoms with Crippen molar-refractivity contribution in [3.63, 3.8) is 0 Å². The predicted molar refractivity (Wildman–Crippen MR) is 148 cm³/mol. The summed E-state index contributed by atoms with van der Waals surface area (Å²) in [5.74, 6) is 0. The van der Waals surface area contributed by atoms with Gasteiger partial charge in [0.25, 0.3) is 0 Å². The lowest BCUT2D eigenvalue weighted by Gasteiger charge is -2.22. The van der Waals surface area contributed by atoms with Gasteiger partial charge in [0, 0.05) is 17.4 Å². The first-order valence-electron chi connectivity index (χ1n) is 12.9. The number of nitrogens with zero attached hydrogens (tertiary/aromatic N) is 4. The molecule has 2 heterocycles. The Labute approximate surface area is 212 Å². The fourth-order valence-electron chi connectivity index (χ4n) is 5.33. The number of likely N-dealkylation sites (N-methyl/N-ethyl adjacent to an activating group) is 1. The summed E-state index contributed by atoms with van der Waals surface area (Å²) in [4.78, 5) is 12.8. The van der Waals surface area contributed by atoms with Crippen LogP contribution in [-0.4, -0.2) is 40.1 Å². The zero-order valence-corrected chi connectivity index (χ0v) is 20.6. The molecule has 3 aliphatic rings. The maximum Gasteiger partial charge on any atom is 0.0900 e. The van der Waals surface area contributed by atoms with Crippen molar-refractivity contribution in [1.82, 2.24) is 14.5 Å². The van der Waals surface area contributed by atoms with E-state index < -0.39 is 0 Å². The van der Waals surface area contributed by atoms with Gasteiger partial charge in [0.1, 0.15) is 0 Å². The standard InChI is InChI=1S/C31H31N5/c1-2-35-19-11-16-25(35)22-32-27-21-31-29(20-28(27)33-23-12-5-3-6-13-23)34-26-17-9-10-18-30(26)36(31)24-14-7-4-8-15-24/h3-10,12-15,17-18,20-21,25,33H,2,11,16,19,22H2,1H3. The molecule has 0 aromatic heterocycles. The van der Waals surface area contributed by atoms with Crippen LogP contribution in [0.25, 0.3) is 28.1 Å². The van der Waals surface area contributed by atoms with Gasteiger partial charge < -0.3 is 9.88 Å². The van der Waals surface area contributed by atoms with Crippen LogP contribution in [0.4, 0.5) is 11.4 Å². The third kappa shape index (κ3) is 4.38. The molecule has 1 saturated heterocycles. The fourth-order valence-corrected chi connectivity index (χ4v) is 5.33. The highest BCUT2D eigenvalue weighted by Crippen LogP contribution is 2.30. The Morgan fingerprint density at radius 2 is 1.67 bits per heavy atom. The normalized spacial score (nSPS) is 16.7. The number of anilines is 2. The Morgan fingerprint density at radius 1 is 0.917 bits per heavy atom. The predicted octanol–water partition coefficient (Wildman–Crippen LogP) is 6.26. The molecule has 180 valence electrons. The van der Waals surface area contributed by atoms with E-state index in [1.165, 1.54) is 19.4 Å². The third-order valence-corrected chi connectivity index (χ3v) is 7.14. The summed E-state index contributed by atoms with van der Waals surface area (Å²) in [7, 11) is 0. The largest absolute Gasteiger partial charge is 0.354 e. The zero-order chi connectivity index (χ0) is 24.3. The molecule has 1 unspecified atom stereocenters. The Kier molecular flexibility index (Phi) is 6.22. The van der Waals surface area contributed by atoms with E-state index in [-0.39, 0.29) is 0 Å². The van der Waals surface area contributed by atoms with E-state index in [0.29, 0.717) is 6.04 Å². The number of hydrogen-bond donors (Lipinski definition) is 1. The van der Waals surface area contributed by atoms with Gasteiger partial charge in [0.05, 0.1) is 40.0 Å². The Morgan fingerprint density at radius 3 is 2.47 bits per heavy atom. The van der Waals surface area contributed by atoms with Crippen molar-refractivity contribution < 1.29 is 0 Å². The van der Waals surface area contributed by atoms with E-state index in [0.717, 1.165) is 57.9 Å². The minimum absolute atomic E-state index is 0.506. The molecular weight excluding hydrogens is 442 g/mol. The van der Waals surface area contributed by atoms with Crippen LogP contribution < -0.4 is 10.7 Å². The van der Waals surface area contributed by atoms with Crippen molar-refractivity contribution in [2.24, 2.45) is 4.99 Å². The number of rotatable bonds is 6. The molecule has 1 fully saturated rings. The van der Waals surface area contributed by atoms with E-state index >= 15 is 0 Å². The van der Waals surface area contributed by atoms with Gasteiger partial charge in [0.15, 0.2) is 0 Å². The molecule has 5 heteroatoms. The second-order valence-electron chi connectivity index (χ2n) is 9.39. The molecule has 0 bridgehead atoms. The maximum absolute atomic E-state index is 5.20. The number of benzene rings is 4. The second-order valence-corrected chi connectivity index (χ2v) is 9.39. The lowest BCUT2D eigenvalue weighted by Crippen LogP contribution is -2.32. The van der Waals surface area contributed by atoms with Crippen LogP contribution in [0.1, 0.15) is 19.8 Å². The lowest BCUT2D eigenvalue weighted by molar-refractivity contribution is 0.272. The smallest absolute Gasteiger partial charge is 0.0900 e. The summed E-state index contributed by atoms with van der Waals surface area (Å²) in [6, 6.07) is 34.0. The quantitative estimate of drug-likeness (QED) is 0.296. The van der Waals surface area contributed by atoms with Gasteiger partial charge in [0.2, 0.25) is 0 Å². The van der Waals surface area contributed by atoms with Crippen molar-refractivity contribution in [2.45, 2.75) is 25.8 Å². The molecule has 1 N–H and O–H groups in total. The van der Waals surface area contributed by atoms with E-state index in [4.69, 9.17) is 9.98 Å². The van der Waals surface area contributed by atoms with Gasteiger partial charge >= 0.3 is 0 Å². The molecule has 0 amide bonds. The lowest BCUT2D eigenvalue weighted by atomic mass is 10.1. The van der Waals surface area contributed by atoms with Gasteiger partial charge in [-0.15, -0.1) is 0 Å². The average Bonchev–Trinajstić information content (AvgIpc) is 3.39. The number of fused-ring (bicyclic) bond motifs is 2. The second kappa shape index (κ2) is 9.96. The first kappa shape index (κ1) is 22.5. The fraction of sp³-hybridized carbons (Fsp3) is 0.226. The van der Waals surface area contributed by atoms with Crippen LogP contribution in [0.15, 0.2) is 102 Å². The molecule has 1 aliphatic carbocycles. The average molecular weight is 474 g/mol. The summed E-state index contributed by atoms with van der Waals surface area (Å²) >= 11 is 0. The summed E-state index contributed by atoms with van der Waals surface area (Å²) in [6.07, 6.45) is 2.47. The van der Waals surface area contributed by atoms with Crippen molar-refractivity contribution in [1.29, 1.82) is 0 Å². The van der Waals surface area contributed by atoms with Crippen molar-refractivity contribution in [3.8, 4) is 17.1 Å². The summed E-state index contributed by atoms with van der Waals surface area (Å²) in [6.45, 7) is 5.30. The number of aromatic nitrogens is 2. The minimum Gasteiger partial charge on any atom is -0.354 e.